The lowest BCUT2D eigenvalue weighted by molar-refractivity contribution is 0.0204. The molecule has 2 amide bonds. The molecule has 5 rings (SSSR count). The molecule has 0 aliphatic carbocycles. The van der Waals surface area contributed by atoms with E-state index in [0.717, 1.165) is 48.9 Å². The van der Waals surface area contributed by atoms with Crippen molar-refractivity contribution in [1.82, 2.24) is 19.4 Å². The van der Waals surface area contributed by atoms with Crippen molar-refractivity contribution in [2.75, 3.05) is 32.0 Å². The lowest BCUT2D eigenvalue weighted by atomic mass is 9.88. The minimum absolute atomic E-state index is 0.0895. The molecule has 3 aromatic rings. The molecular weight excluding hydrogens is 558 g/mol. The number of piperidine rings is 1. The molecule has 2 aromatic heterocycles. The van der Waals surface area contributed by atoms with E-state index in [1.165, 1.54) is 0 Å². The van der Waals surface area contributed by atoms with E-state index in [4.69, 9.17) is 9.47 Å². The van der Waals surface area contributed by atoms with Crippen molar-refractivity contribution in [3.05, 3.63) is 59.4 Å². The summed E-state index contributed by atoms with van der Waals surface area (Å²) < 4.78 is 13.0. The van der Waals surface area contributed by atoms with Gasteiger partial charge in [-0.25, -0.2) is 19.1 Å². The number of nitrogens with one attached hydrogen (secondary N) is 1. The smallest absolute Gasteiger partial charge is 0.419 e. The van der Waals surface area contributed by atoms with E-state index < -0.39 is 17.3 Å². The molecule has 0 spiro atoms. The van der Waals surface area contributed by atoms with Gasteiger partial charge >= 0.3 is 12.2 Å². The van der Waals surface area contributed by atoms with Crippen LogP contribution in [0.15, 0.2) is 42.6 Å². The number of pyridine rings is 1. The van der Waals surface area contributed by atoms with Gasteiger partial charge in [0.15, 0.2) is 0 Å². The highest BCUT2D eigenvalue weighted by Crippen LogP contribution is 2.35. The highest BCUT2D eigenvalue weighted by atomic mass is 16.6. The molecule has 2 saturated heterocycles. The van der Waals surface area contributed by atoms with E-state index in [1.807, 2.05) is 65.8 Å². The highest BCUT2D eigenvalue weighted by Gasteiger charge is 2.31. The Morgan fingerprint density at radius 1 is 0.886 bits per heavy atom. The minimum Gasteiger partial charge on any atom is -0.444 e. The fourth-order valence-corrected chi connectivity index (χ4v) is 6.08. The Kier molecular flexibility index (Phi) is 8.75. The number of aromatic nitrogens is 2. The normalized spacial score (nSPS) is 18.4. The quantitative estimate of drug-likeness (QED) is 0.344. The number of amides is 2. The number of hydrogen-bond acceptors (Lipinski definition) is 7. The Morgan fingerprint density at radius 2 is 1.57 bits per heavy atom. The molecule has 0 bridgehead atoms. The van der Waals surface area contributed by atoms with Gasteiger partial charge in [-0.2, -0.15) is 0 Å². The van der Waals surface area contributed by atoms with Crippen LogP contribution < -0.4 is 5.32 Å². The highest BCUT2D eigenvalue weighted by molar-refractivity contribution is 6.05. The lowest BCUT2D eigenvalue weighted by Gasteiger charge is -2.33. The van der Waals surface area contributed by atoms with Crippen molar-refractivity contribution in [3.63, 3.8) is 0 Å². The van der Waals surface area contributed by atoms with Crippen molar-refractivity contribution < 1.29 is 23.9 Å². The molecule has 0 unspecified atom stereocenters. The van der Waals surface area contributed by atoms with Crippen molar-refractivity contribution in [3.8, 4) is 0 Å². The van der Waals surface area contributed by atoms with Crippen LogP contribution in [0.1, 0.15) is 101 Å². The third-order valence-electron chi connectivity index (χ3n) is 8.16. The summed E-state index contributed by atoms with van der Waals surface area (Å²) in [6.45, 7) is 13.3. The monoisotopic (exact) mass is 603 g/mol. The third kappa shape index (κ3) is 7.23. The number of nitrogens with zero attached hydrogens (tertiary/aromatic N) is 4. The molecule has 236 valence electrons. The number of carbonyl (C=O) groups excluding carboxylic acids is 3. The van der Waals surface area contributed by atoms with Gasteiger partial charge in [-0.3, -0.25) is 9.69 Å². The first-order chi connectivity index (χ1) is 20.7. The second kappa shape index (κ2) is 12.2. The molecule has 0 radical (unpaired) electrons. The van der Waals surface area contributed by atoms with Crippen molar-refractivity contribution in [2.45, 2.75) is 90.4 Å². The van der Waals surface area contributed by atoms with Gasteiger partial charge in [0.2, 0.25) is 0 Å². The van der Waals surface area contributed by atoms with E-state index in [-0.39, 0.29) is 24.0 Å². The second-order valence-corrected chi connectivity index (χ2v) is 14.0. The SMILES string of the molecule is CN1CCC[C@@H]1c1cc2cnc(NC(=O)c3cccc(C4CCN(C(=O)OC(C)(C)C)CC4)c3)cc2n1C(=O)OC(C)(C)C. The fraction of sp³-hybridized carbons (Fsp3) is 0.529. The standard InChI is InChI=1S/C34H45N5O5/c1-33(2,3)43-31(41)38-16-13-22(14-17-38)23-10-8-11-24(18-23)30(40)36-29-20-27-25(21-35-29)19-28(26-12-9-15-37(26)7)39(27)32(42)44-34(4,5)6/h8,10-11,18-22,26H,9,12-17H2,1-7H3,(H,35,36,40)/t26-/m1/s1. The van der Waals surface area contributed by atoms with Crippen LogP contribution in [0.3, 0.4) is 0 Å². The number of fused-ring (bicyclic) bond motifs is 1. The first-order valence-corrected chi connectivity index (χ1v) is 15.5. The Morgan fingerprint density at radius 3 is 2.20 bits per heavy atom. The van der Waals surface area contributed by atoms with E-state index in [0.29, 0.717) is 30.0 Å². The molecule has 10 heteroatoms. The molecular formula is C34H45N5O5. The van der Waals surface area contributed by atoms with Gasteiger partial charge in [-0.05, 0) is 110 Å². The Bertz CT molecular complexity index is 1540. The summed E-state index contributed by atoms with van der Waals surface area (Å²) in [6.07, 6.45) is 4.55. The molecule has 0 saturated carbocycles. The van der Waals surface area contributed by atoms with Crippen molar-refractivity contribution in [2.24, 2.45) is 0 Å². The molecule has 4 heterocycles. The van der Waals surface area contributed by atoms with Crippen LogP contribution in [-0.4, -0.2) is 75.3 Å². The van der Waals surface area contributed by atoms with Gasteiger partial charge in [-0.1, -0.05) is 12.1 Å². The summed E-state index contributed by atoms with van der Waals surface area (Å²) in [4.78, 5) is 47.8. The molecule has 44 heavy (non-hydrogen) atoms. The maximum atomic E-state index is 13.5. The number of anilines is 1. The lowest BCUT2D eigenvalue weighted by Crippen LogP contribution is -2.41. The van der Waals surface area contributed by atoms with Crippen LogP contribution in [0.5, 0.6) is 0 Å². The maximum Gasteiger partial charge on any atom is 0.419 e. The Hall–Kier alpha value is -3.92. The van der Waals surface area contributed by atoms with Gasteiger partial charge < -0.3 is 19.7 Å². The zero-order chi connectivity index (χ0) is 31.8. The van der Waals surface area contributed by atoms with Gasteiger partial charge in [0.25, 0.3) is 5.91 Å². The Balaban J connectivity index is 1.33. The molecule has 1 N–H and O–H groups in total. The number of rotatable bonds is 4. The van der Waals surface area contributed by atoms with Crippen LogP contribution in [0.2, 0.25) is 0 Å². The molecule has 2 fully saturated rings. The van der Waals surface area contributed by atoms with Gasteiger partial charge in [0, 0.05) is 42.0 Å². The van der Waals surface area contributed by atoms with Crippen LogP contribution in [-0.2, 0) is 9.47 Å². The van der Waals surface area contributed by atoms with Gasteiger partial charge in [0.1, 0.15) is 17.0 Å². The predicted octanol–water partition coefficient (Wildman–Crippen LogP) is 6.95. The molecule has 2 aliphatic rings. The number of hydrogen-bond donors (Lipinski definition) is 1. The molecule has 2 aliphatic heterocycles. The first-order valence-electron chi connectivity index (χ1n) is 15.5. The first kappa shape index (κ1) is 31.5. The average Bonchev–Trinajstić information content (AvgIpc) is 3.54. The van der Waals surface area contributed by atoms with Crippen LogP contribution in [0.25, 0.3) is 10.9 Å². The van der Waals surface area contributed by atoms with Crippen LogP contribution in [0, 0.1) is 0 Å². The largest absolute Gasteiger partial charge is 0.444 e. The summed E-state index contributed by atoms with van der Waals surface area (Å²) >= 11 is 0. The van der Waals surface area contributed by atoms with E-state index in [9.17, 15) is 14.4 Å². The summed E-state index contributed by atoms with van der Waals surface area (Å²) in [5, 5.41) is 3.74. The topological polar surface area (TPSA) is 106 Å². The van der Waals surface area contributed by atoms with Gasteiger partial charge in [0.05, 0.1) is 11.6 Å². The molecule has 10 nitrogen and oxygen atoms in total. The number of benzene rings is 1. The summed E-state index contributed by atoms with van der Waals surface area (Å²) in [6, 6.07) is 11.5. The third-order valence-corrected chi connectivity index (χ3v) is 8.16. The zero-order valence-electron chi connectivity index (χ0n) is 27.0. The second-order valence-electron chi connectivity index (χ2n) is 14.0. The Labute approximate surface area is 259 Å². The summed E-state index contributed by atoms with van der Waals surface area (Å²) in [7, 11) is 2.07. The summed E-state index contributed by atoms with van der Waals surface area (Å²) in [5.74, 6) is 0.309. The van der Waals surface area contributed by atoms with E-state index in [2.05, 4.69) is 22.2 Å². The van der Waals surface area contributed by atoms with Crippen LogP contribution >= 0.6 is 0 Å². The van der Waals surface area contributed by atoms with E-state index in [1.54, 1.807) is 27.8 Å². The predicted molar refractivity (Wildman–Crippen MR) is 170 cm³/mol. The fourth-order valence-electron chi connectivity index (χ4n) is 6.08. The van der Waals surface area contributed by atoms with Gasteiger partial charge in [-0.15, -0.1) is 0 Å². The van der Waals surface area contributed by atoms with Crippen molar-refractivity contribution >= 4 is 34.8 Å². The number of likely N-dealkylation sites (tertiary alicyclic amines) is 2. The zero-order valence-corrected chi connectivity index (χ0v) is 27.0. The number of ether oxygens (including phenoxy) is 2. The maximum absolute atomic E-state index is 13.5. The molecule has 1 aromatic carbocycles. The van der Waals surface area contributed by atoms with E-state index >= 15 is 0 Å². The minimum atomic E-state index is -0.659. The summed E-state index contributed by atoms with van der Waals surface area (Å²) in [5.41, 5.74) is 1.91. The average molecular weight is 604 g/mol. The number of carbonyl (C=O) groups is 3. The van der Waals surface area contributed by atoms with Crippen LogP contribution in [0.4, 0.5) is 15.4 Å². The van der Waals surface area contributed by atoms with Crippen molar-refractivity contribution in [1.29, 1.82) is 0 Å². The molecule has 1 atom stereocenters.